The molecule has 1 unspecified atom stereocenters. The zero-order chi connectivity index (χ0) is 13.4. The molecule has 4 nitrogen and oxygen atoms in total. The van der Waals surface area contributed by atoms with Gasteiger partial charge in [0.15, 0.2) is 0 Å². The molecule has 18 heavy (non-hydrogen) atoms. The van der Waals surface area contributed by atoms with Gasteiger partial charge in [0.25, 0.3) is 0 Å². The van der Waals surface area contributed by atoms with E-state index in [1.165, 1.54) is 0 Å². The molecule has 0 radical (unpaired) electrons. The molecule has 0 heterocycles. The summed E-state index contributed by atoms with van der Waals surface area (Å²) in [6.07, 6.45) is 1.74. The molecule has 1 N–H and O–H groups in total. The van der Waals surface area contributed by atoms with Crippen molar-refractivity contribution >= 4 is 5.91 Å². The van der Waals surface area contributed by atoms with E-state index in [9.17, 15) is 4.79 Å². The molecule has 1 aromatic rings. The van der Waals surface area contributed by atoms with E-state index < -0.39 is 5.92 Å². The van der Waals surface area contributed by atoms with Gasteiger partial charge < -0.3 is 10.1 Å². The fraction of sp³-hybridized carbons (Fsp3) is 0.286. The number of carbonyl (C=O) groups excluding carboxylic acids is 1. The van der Waals surface area contributed by atoms with Crippen molar-refractivity contribution in [3.63, 3.8) is 0 Å². The molecule has 94 valence electrons. The zero-order valence-corrected chi connectivity index (χ0v) is 10.3. The maximum Gasteiger partial charge on any atom is 0.221 e. The molecule has 0 aliphatic rings. The van der Waals surface area contributed by atoms with Crippen LogP contribution in [0.15, 0.2) is 36.9 Å². The van der Waals surface area contributed by atoms with Crippen molar-refractivity contribution in [2.75, 3.05) is 13.7 Å². The highest BCUT2D eigenvalue weighted by atomic mass is 16.5. The van der Waals surface area contributed by atoms with Crippen LogP contribution in [0.1, 0.15) is 17.9 Å². The lowest BCUT2D eigenvalue weighted by Gasteiger charge is -2.10. The number of carbonyl (C=O) groups is 1. The number of nitrogens with one attached hydrogen (secondary N) is 1. The second-order valence-electron chi connectivity index (χ2n) is 3.76. The van der Waals surface area contributed by atoms with Crippen LogP contribution in [0.4, 0.5) is 0 Å². The van der Waals surface area contributed by atoms with Crippen molar-refractivity contribution < 1.29 is 9.53 Å². The van der Waals surface area contributed by atoms with Gasteiger partial charge in [0, 0.05) is 13.0 Å². The SMILES string of the molecule is C=CCNC(=O)CC(C#N)c1cccc(OC)c1. The first kappa shape index (κ1) is 13.8. The summed E-state index contributed by atoms with van der Waals surface area (Å²) in [7, 11) is 1.57. The number of ether oxygens (including phenoxy) is 1. The molecule has 0 fully saturated rings. The van der Waals surface area contributed by atoms with E-state index in [0.29, 0.717) is 12.3 Å². The van der Waals surface area contributed by atoms with Crippen LogP contribution >= 0.6 is 0 Å². The van der Waals surface area contributed by atoms with Crippen LogP contribution in [0.3, 0.4) is 0 Å². The molecular weight excluding hydrogens is 228 g/mol. The van der Waals surface area contributed by atoms with Crippen molar-refractivity contribution in [1.29, 1.82) is 5.26 Å². The predicted molar refractivity (Wildman–Crippen MR) is 69.2 cm³/mol. The van der Waals surface area contributed by atoms with Crippen molar-refractivity contribution in [2.45, 2.75) is 12.3 Å². The van der Waals surface area contributed by atoms with Crippen molar-refractivity contribution in [2.24, 2.45) is 0 Å². The minimum Gasteiger partial charge on any atom is -0.497 e. The monoisotopic (exact) mass is 244 g/mol. The summed E-state index contributed by atoms with van der Waals surface area (Å²) in [4.78, 5) is 11.6. The maximum absolute atomic E-state index is 11.6. The Morgan fingerprint density at radius 3 is 3.06 bits per heavy atom. The van der Waals surface area contributed by atoms with Crippen LogP contribution in [-0.2, 0) is 4.79 Å². The molecule has 4 heteroatoms. The first-order valence-electron chi connectivity index (χ1n) is 5.62. The molecular formula is C14H16N2O2. The van der Waals surface area contributed by atoms with Crippen molar-refractivity contribution in [1.82, 2.24) is 5.32 Å². The predicted octanol–water partition coefficient (Wildman–Crippen LogP) is 1.99. The maximum atomic E-state index is 11.6. The second-order valence-corrected chi connectivity index (χ2v) is 3.76. The highest BCUT2D eigenvalue weighted by Crippen LogP contribution is 2.22. The molecule has 0 aliphatic carbocycles. The normalized spacial score (nSPS) is 11.1. The van der Waals surface area contributed by atoms with Gasteiger partial charge in [-0.2, -0.15) is 5.26 Å². The molecule has 1 amide bonds. The Balaban J connectivity index is 2.74. The van der Waals surface area contributed by atoms with Gasteiger partial charge in [0.1, 0.15) is 5.75 Å². The standard InChI is InChI=1S/C14H16N2O2/c1-3-7-16-14(17)9-12(10-15)11-5-4-6-13(8-11)18-2/h3-6,8,12H,1,7,9H2,2H3,(H,16,17). The molecule has 0 aromatic heterocycles. The number of methoxy groups -OCH3 is 1. The largest absolute Gasteiger partial charge is 0.497 e. The van der Waals surface area contributed by atoms with Gasteiger partial charge in [-0.05, 0) is 17.7 Å². The summed E-state index contributed by atoms with van der Waals surface area (Å²) in [5.74, 6) is 0.0495. The molecule has 0 bridgehead atoms. The Kier molecular flexibility index (Phi) is 5.46. The van der Waals surface area contributed by atoms with Crippen LogP contribution in [-0.4, -0.2) is 19.6 Å². The summed E-state index contributed by atoms with van der Waals surface area (Å²) < 4.78 is 5.10. The van der Waals surface area contributed by atoms with E-state index in [1.54, 1.807) is 31.4 Å². The van der Waals surface area contributed by atoms with E-state index in [0.717, 1.165) is 5.56 Å². The Morgan fingerprint density at radius 1 is 1.67 bits per heavy atom. The van der Waals surface area contributed by atoms with E-state index in [2.05, 4.69) is 18.0 Å². The first-order chi connectivity index (χ1) is 8.71. The highest BCUT2D eigenvalue weighted by Gasteiger charge is 2.15. The van der Waals surface area contributed by atoms with Crippen molar-refractivity contribution in [3.8, 4) is 11.8 Å². The minimum absolute atomic E-state index is 0.136. The number of hydrogen-bond donors (Lipinski definition) is 1. The van der Waals surface area contributed by atoms with Gasteiger partial charge in [-0.3, -0.25) is 4.79 Å². The van der Waals surface area contributed by atoms with Gasteiger partial charge in [-0.25, -0.2) is 0 Å². The quantitative estimate of drug-likeness (QED) is 0.778. The molecule has 1 atom stereocenters. The third kappa shape index (κ3) is 3.95. The van der Waals surface area contributed by atoms with Crippen LogP contribution in [0.2, 0.25) is 0 Å². The molecule has 0 aliphatic heterocycles. The van der Waals surface area contributed by atoms with Crippen LogP contribution < -0.4 is 10.1 Å². The van der Waals surface area contributed by atoms with Gasteiger partial charge in [0.05, 0.1) is 19.1 Å². The van der Waals surface area contributed by atoms with Crippen LogP contribution in [0.25, 0.3) is 0 Å². The lowest BCUT2D eigenvalue weighted by molar-refractivity contribution is -0.121. The Morgan fingerprint density at radius 2 is 2.44 bits per heavy atom. The Labute approximate surface area is 107 Å². The fourth-order valence-electron chi connectivity index (χ4n) is 1.54. The third-order valence-electron chi connectivity index (χ3n) is 2.49. The lowest BCUT2D eigenvalue weighted by Crippen LogP contribution is -2.24. The highest BCUT2D eigenvalue weighted by molar-refractivity contribution is 5.77. The van der Waals surface area contributed by atoms with Gasteiger partial charge in [-0.15, -0.1) is 6.58 Å². The third-order valence-corrected chi connectivity index (χ3v) is 2.49. The number of hydrogen-bond acceptors (Lipinski definition) is 3. The van der Waals surface area contributed by atoms with Crippen molar-refractivity contribution in [3.05, 3.63) is 42.5 Å². The summed E-state index contributed by atoms with van der Waals surface area (Å²) in [5, 5.41) is 11.8. The number of benzene rings is 1. The molecule has 0 saturated carbocycles. The molecule has 1 rings (SSSR count). The lowest BCUT2D eigenvalue weighted by atomic mass is 9.96. The fourth-order valence-corrected chi connectivity index (χ4v) is 1.54. The van der Waals surface area contributed by atoms with E-state index in [4.69, 9.17) is 10.00 Å². The van der Waals surface area contributed by atoms with E-state index in [1.807, 2.05) is 6.07 Å². The smallest absolute Gasteiger partial charge is 0.221 e. The zero-order valence-electron chi connectivity index (χ0n) is 10.3. The topological polar surface area (TPSA) is 62.1 Å². The van der Waals surface area contributed by atoms with E-state index in [-0.39, 0.29) is 12.3 Å². The van der Waals surface area contributed by atoms with Crippen LogP contribution in [0, 0.1) is 11.3 Å². The molecule has 0 spiro atoms. The Bertz CT molecular complexity index is 463. The minimum atomic E-state index is -0.468. The van der Waals surface area contributed by atoms with Crippen LogP contribution in [0.5, 0.6) is 5.75 Å². The van der Waals surface area contributed by atoms with Gasteiger partial charge in [0.2, 0.25) is 5.91 Å². The molecule has 1 aromatic carbocycles. The summed E-state index contributed by atoms with van der Waals surface area (Å²) in [6.45, 7) is 3.93. The summed E-state index contributed by atoms with van der Waals surface area (Å²) >= 11 is 0. The summed E-state index contributed by atoms with van der Waals surface area (Å²) in [5.41, 5.74) is 0.783. The number of nitrogens with zero attached hydrogens (tertiary/aromatic N) is 1. The second kappa shape index (κ2) is 7.13. The van der Waals surface area contributed by atoms with E-state index >= 15 is 0 Å². The number of rotatable bonds is 6. The average Bonchev–Trinajstić information content (AvgIpc) is 2.42. The number of amides is 1. The number of nitriles is 1. The molecule has 0 saturated heterocycles. The average molecular weight is 244 g/mol. The first-order valence-corrected chi connectivity index (χ1v) is 5.62. The van der Waals surface area contributed by atoms with Gasteiger partial charge in [-0.1, -0.05) is 18.2 Å². The van der Waals surface area contributed by atoms with Gasteiger partial charge >= 0.3 is 0 Å². The summed E-state index contributed by atoms with van der Waals surface area (Å²) in [6, 6.07) is 9.33. The Hall–Kier alpha value is -2.28.